The number of nitrogens with one attached hydrogen (secondary N) is 1. The predicted octanol–water partition coefficient (Wildman–Crippen LogP) is 3.15. The Bertz CT molecular complexity index is 365. The molecule has 17 heavy (non-hydrogen) atoms. The minimum Gasteiger partial charge on any atom is -0.392 e. The lowest BCUT2D eigenvalue weighted by Gasteiger charge is -2.20. The van der Waals surface area contributed by atoms with Gasteiger partial charge in [0, 0.05) is 17.6 Å². The van der Waals surface area contributed by atoms with Gasteiger partial charge in [0.25, 0.3) is 0 Å². The molecule has 1 aromatic carbocycles. The average molecular weight is 254 g/mol. The fourth-order valence-corrected chi connectivity index (χ4v) is 2.33. The van der Waals surface area contributed by atoms with E-state index in [4.69, 9.17) is 11.6 Å². The zero-order valence-electron chi connectivity index (χ0n) is 10.2. The van der Waals surface area contributed by atoms with E-state index in [1.807, 2.05) is 18.2 Å². The second-order valence-electron chi connectivity index (χ2n) is 4.83. The highest BCUT2D eigenvalue weighted by Gasteiger charge is 2.29. The molecule has 1 saturated carbocycles. The Morgan fingerprint density at radius 3 is 2.82 bits per heavy atom. The Hall–Kier alpha value is -0.570. The zero-order chi connectivity index (χ0) is 12.3. The van der Waals surface area contributed by atoms with E-state index < -0.39 is 0 Å². The third-order valence-corrected chi connectivity index (χ3v) is 3.63. The number of aliphatic hydroxyl groups excluding tert-OH is 1. The van der Waals surface area contributed by atoms with Crippen LogP contribution < -0.4 is 5.32 Å². The maximum Gasteiger partial charge on any atom is 0.0692 e. The zero-order valence-corrected chi connectivity index (χ0v) is 11.0. The number of halogens is 1. The molecule has 2 nitrogen and oxygen atoms in total. The van der Waals surface area contributed by atoms with Gasteiger partial charge in [-0.05, 0) is 42.9 Å². The molecule has 0 radical (unpaired) electrons. The van der Waals surface area contributed by atoms with Crippen LogP contribution >= 0.6 is 11.6 Å². The van der Waals surface area contributed by atoms with Crippen molar-refractivity contribution in [1.82, 2.24) is 5.32 Å². The Morgan fingerprint density at radius 1 is 1.47 bits per heavy atom. The lowest BCUT2D eigenvalue weighted by Crippen LogP contribution is -2.31. The van der Waals surface area contributed by atoms with Crippen LogP contribution in [0.15, 0.2) is 24.3 Å². The van der Waals surface area contributed by atoms with Gasteiger partial charge in [0.1, 0.15) is 0 Å². The van der Waals surface area contributed by atoms with Crippen LogP contribution in [0.1, 0.15) is 37.8 Å². The third-order valence-electron chi connectivity index (χ3n) is 3.40. The van der Waals surface area contributed by atoms with E-state index >= 15 is 0 Å². The van der Waals surface area contributed by atoms with Crippen molar-refractivity contribution in [3.05, 3.63) is 34.9 Å². The molecule has 94 valence electrons. The third kappa shape index (κ3) is 3.70. The molecule has 1 fully saturated rings. The lowest BCUT2D eigenvalue weighted by molar-refractivity contribution is 0.144. The summed E-state index contributed by atoms with van der Waals surface area (Å²) in [7, 11) is 0. The Kier molecular flexibility index (Phi) is 4.43. The van der Waals surface area contributed by atoms with E-state index in [0.29, 0.717) is 12.5 Å². The maximum atomic E-state index is 9.85. The summed E-state index contributed by atoms with van der Waals surface area (Å²) in [6.07, 6.45) is 3.16. The second-order valence-corrected chi connectivity index (χ2v) is 5.27. The quantitative estimate of drug-likeness (QED) is 0.816. The molecule has 0 aliphatic heterocycles. The summed E-state index contributed by atoms with van der Waals surface area (Å²) in [5, 5.41) is 14.0. The average Bonchev–Trinajstić information content (AvgIpc) is 3.13. The summed E-state index contributed by atoms with van der Waals surface area (Å²) in [5.74, 6) is 0.527. The molecule has 0 spiro atoms. The van der Waals surface area contributed by atoms with Gasteiger partial charge in [-0.3, -0.25) is 0 Å². The number of benzene rings is 1. The summed E-state index contributed by atoms with van der Waals surface area (Å²) in [6, 6.07) is 8.21. The van der Waals surface area contributed by atoms with Crippen LogP contribution in [-0.4, -0.2) is 17.8 Å². The molecular formula is C14H20ClNO. The number of aliphatic hydroxyl groups is 1. The second kappa shape index (κ2) is 5.85. The molecule has 1 aliphatic carbocycles. The molecular weight excluding hydrogens is 234 g/mol. The Balaban J connectivity index is 1.91. The molecule has 0 saturated heterocycles. The van der Waals surface area contributed by atoms with Gasteiger partial charge in [0.15, 0.2) is 0 Å². The minimum absolute atomic E-state index is 0.191. The van der Waals surface area contributed by atoms with Crippen LogP contribution in [0, 0.1) is 5.92 Å². The van der Waals surface area contributed by atoms with Crippen LogP contribution in [0.2, 0.25) is 5.02 Å². The van der Waals surface area contributed by atoms with Crippen molar-refractivity contribution in [3.8, 4) is 0 Å². The van der Waals surface area contributed by atoms with E-state index in [1.54, 1.807) is 0 Å². The SMILES string of the molecule is CCC(NCC(O)C1CC1)c1cccc(Cl)c1. The fourth-order valence-electron chi connectivity index (χ4n) is 2.13. The summed E-state index contributed by atoms with van der Waals surface area (Å²) in [6.45, 7) is 2.82. The molecule has 3 heteroatoms. The van der Waals surface area contributed by atoms with Gasteiger partial charge < -0.3 is 10.4 Å². The molecule has 0 heterocycles. The molecule has 0 aromatic heterocycles. The van der Waals surface area contributed by atoms with Gasteiger partial charge in [-0.25, -0.2) is 0 Å². The monoisotopic (exact) mass is 253 g/mol. The highest BCUT2D eigenvalue weighted by Crippen LogP contribution is 2.32. The van der Waals surface area contributed by atoms with E-state index in [1.165, 1.54) is 18.4 Å². The van der Waals surface area contributed by atoms with Crippen molar-refractivity contribution >= 4 is 11.6 Å². The lowest BCUT2D eigenvalue weighted by atomic mass is 10.0. The summed E-state index contributed by atoms with van der Waals surface area (Å²) in [4.78, 5) is 0. The van der Waals surface area contributed by atoms with Crippen molar-refractivity contribution in [3.63, 3.8) is 0 Å². The largest absolute Gasteiger partial charge is 0.392 e. The highest BCUT2D eigenvalue weighted by atomic mass is 35.5. The van der Waals surface area contributed by atoms with E-state index in [-0.39, 0.29) is 12.1 Å². The van der Waals surface area contributed by atoms with Crippen LogP contribution in [0.3, 0.4) is 0 Å². The van der Waals surface area contributed by atoms with Crippen LogP contribution in [0.5, 0.6) is 0 Å². The molecule has 0 amide bonds. The molecule has 2 unspecified atom stereocenters. The molecule has 1 aromatic rings. The van der Waals surface area contributed by atoms with E-state index in [0.717, 1.165) is 11.4 Å². The number of rotatable bonds is 6. The molecule has 1 aliphatic rings. The molecule has 2 rings (SSSR count). The number of hydrogen-bond donors (Lipinski definition) is 2. The van der Waals surface area contributed by atoms with Crippen LogP contribution in [0.4, 0.5) is 0 Å². The van der Waals surface area contributed by atoms with Crippen molar-refractivity contribution in [1.29, 1.82) is 0 Å². The Morgan fingerprint density at radius 2 is 2.24 bits per heavy atom. The van der Waals surface area contributed by atoms with Crippen LogP contribution in [0.25, 0.3) is 0 Å². The highest BCUT2D eigenvalue weighted by molar-refractivity contribution is 6.30. The van der Waals surface area contributed by atoms with Crippen molar-refractivity contribution < 1.29 is 5.11 Å². The van der Waals surface area contributed by atoms with Gasteiger partial charge in [0.05, 0.1) is 6.10 Å². The Labute approximate surface area is 108 Å². The fraction of sp³-hybridized carbons (Fsp3) is 0.571. The van der Waals surface area contributed by atoms with Crippen molar-refractivity contribution in [2.24, 2.45) is 5.92 Å². The number of hydrogen-bond acceptors (Lipinski definition) is 2. The van der Waals surface area contributed by atoms with E-state index in [2.05, 4.69) is 18.3 Å². The van der Waals surface area contributed by atoms with Crippen LogP contribution in [-0.2, 0) is 0 Å². The molecule has 0 bridgehead atoms. The standard InChI is InChI=1S/C14H20ClNO/c1-2-13(11-4-3-5-12(15)8-11)16-9-14(17)10-6-7-10/h3-5,8,10,13-14,16-17H,2,6-7,9H2,1H3. The first-order valence-corrected chi connectivity index (χ1v) is 6.75. The summed E-state index contributed by atoms with van der Waals surface area (Å²) < 4.78 is 0. The van der Waals surface area contributed by atoms with Gasteiger partial charge in [0.2, 0.25) is 0 Å². The normalized spacial score (nSPS) is 19.0. The van der Waals surface area contributed by atoms with Gasteiger partial charge in [-0.15, -0.1) is 0 Å². The van der Waals surface area contributed by atoms with Gasteiger partial charge in [-0.2, -0.15) is 0 Å². The first-order valence-electron chi connectivity index (χ1n) is 6.37. The van der Waals surface area contributed by atoms with Gasteiger partial charge in [-0.1, -0.05) is 30.7 Å². The first kappa shape index (κ1) is 12.9. The maximum absolute atomic E-state index is 9.85. The van der Waals surface area contributed by atoms with E-state index in [9.17, 15) is 5.11 Å². The van der Waals surface area contributed by atoms with Crippen molar-refractivity contribution in [2.45, 2.75) is 38.3 Å². The smallest absolute Gasteiger partial charge is 0.0692 e. The topological polar surface area (TPSA) is 32.3 Å². The first-order chi connectivity index (χ1) is 8.20. The van der Waals surface area contributed by atoms with Crippen molar-refractivity contribution in [2.75, 3.05) is 6.54 Å². The molecule has 2 N–H and O–H groups in total. The predicted molar refractivity (Wildman–Crippen MR) is 71.2 cm³/mol. The molecule has 2 atom stereocenters. The summed E-state index contributed by atoms with van der Waals surface area (Å²) in [5.41, 5.74) is 1.20. The van der Waals surface area contributed by atoms with Gasteiger partial charge >= 0.3 is 0 Å². The summed E-state index contributed by atoms with van der Waals surface area (Å²) >= 11 is 5.99. The minimum atomic E-state index is -0.191.